The van der Waals surface area contributed by atoms with Crippen LogP contribution in [0.15, 0.2) is 6.33 Å². The molecule has 0 aliphatic carbocycles. The van der Waals surface area contributed by atoms with E-state index in [1.54, 1.807) is 6.33 Å². The predicted octanol–water partition coefficient (Wildman–Crippen LogP) is 1.30. The molecule has 0 spiro atoms. The lowest BCUT2D eigenvalue weighted by Gasteiger charge is -2.30. The van der Waals surface area contributed by atoms with E-state index in [1.165, 1.54) is 0 Å². The number of rotatable bonds is 4. The Morgan fingerprint density at radius 2 is 2.35 bits per heavy atom. The maximum atomic E-state index is 6.27. The van der Waals surface area contributed by atoms with Crippen LogP contribution in [-0.4, -0.2) is 33.0 Å². The van der Waals surface area contributed by atoms with Gasteiger partial charge in [0, 0.05) is 25.1 Å². The Balaban J connectivity index is 2.07. The summed E-state index contributed by atoms with van der Waals surface area (Å²) in [6.07, 6.45) is 4.44. The van der Waals surface area contributed by atoms with Crippen LogP contribution in [0.4, 0.5) is 0 Å². The molecule has 2 N–H and O–H groups in total. The van der Waals surface area contributed by atoms with Crippen LogP contribution in [0.25, 0.3) is 0 Å². The molecule has 2 rings (SSSR count). The van der Waals surface area contributed by atoms with Crippen LogP contribution in [0.3, 0.4) is 0 Å². The van der Waals surface area contributed by atoms with Crippen molar-refractivity contribution in [2.45, 2.75) is 57.7 Å². The Labute approximate surface area is 102 Å². The molecule has 1 aromatic rings. The van der Waals surface area contributed by atoms with Gasteiger partial charge in [-0.1, -0.05) is 0 Å². The molecule has 0 aromatic carbocycles. The largest absolute Gasteiger partial charge is 0.374 e. The number of aromatic nitrogens is 3. The molecule has 1 fully saturated rings. The maximum absolute atomic E-state index is 6.27. The van der Waals surface area contributed by atoms with Crippen molar-refractivity contribution in [1.82, 2.24) is 14.8 Å². The fraction of sp³-hybridized carbons (Fsp3) is 0.833. The van der Waals surface area contributed by atoms with E-state index in [-0.39, 0.29) is 11.6 Å². The monoisotopic (exact) mass is 238 g/mol. The molecular weight excluding hydrogens is 216 g/mol. The van der Waals surface area contributed by atoms with Gasteiger partial charge in [-0.2, -0.15) is 5.10 Å². The Morgan fingerprint density at radius 3 is 2.94 bits per heavy atom. The van der Waals surface area contributed by atoms with Crippen molar-refractivity contribution in [3.63, 3.8) is 0 Å². The fourth-order valence-electron chi connectivity index (χ4n) is 2.36. The van der Waals surface area contributed by atoms with Gasteiger partial charge in [0.05, 0.1) is 5.60 Å². The molecule has 2 atom stereocenters. The highest BCUT2D eigenvalue weighted by Crippen LogP contribution is 2.29. The molecule has 1 aliphatic heterocycles. The molecule has 0 saturated carbocycles. The van der Waals surface area contributed by atoms with Crippen LogP contribution in [0.5, 0.6) is 0 Å². The number of nitrogens with zero attached hydrogens (tertiary/aromatic N) is 3. The van der Waals surface area contributed by atoms with Gasteiger partial charge < -0.3 is 10.5 Å². The van der Waals surface area contributed by atoms with E-state index in [0.29, 0.717) is 12.5 Å². The van der Waals surface area contributed by atoms with E-state index in [0.717, 1.165) is 25.3 Å². The number of hydrogen-bond donors (Lipinski definition) is 1. The molecule has 5 heteroatoms. The number of ether oxygens (including phenoxy) is 1. The first-order valence-corrected chi connectivity index (χ1v) is 6.31. The molecular formula is C12H22N4O. The SMILES string of the molecule is CC(C)n1ncnc1CC(N)C1(C)CCCO1. The van der Waals surface area contributed by atoms with Gasteiger partial charge in [0.1, 0.15) is 12.2 Å². The quantitative estimate of drug-likeness (QED) is 0.858. The van der Waals surface area contributed by atoms with Gasteiger partial charge in [-0.25, -0.2) is 9.67 Å². The molecule has 96 valence electrons. The topological polar surface area (TPSA) is 66.0 Å². The second-order valence-corrected chi connectivity index (χ2v) is 5.29. The molecule has 2 unspecified atom stereocenters. The summed E-state index contributed by atoms with van der Waals surface area (Å²) in [5.74, 6) is 0.948. The van der Waals surface area contributed by atoms with E-state index < -0.39 is 0 Å². The second kappa shape index (κ2) is 4.74. The Hall–Kier alpha value is -0.940. The predicted molar refractivity (Wildman–Crippen MR) is 65.7 cm³/mol. The number of nitrogens with two attached hydrogens (primary N) is 1. The average molecular weight is 238 g/mol. The van der Waals surface area contributed by atoms with Gasteiger partial charge in [-0.3, -0.25) is 0 Å². The van der Waals surface area contributed by atoms with Gasteiger partial charge in [0.15, 0.2) is 0 Å². The lowest BCUT2D eigenvalue weighted by Crippen LogP contribution is -2.47. The van der Waals surface area contributed by atoms with Crippen molar-refractivity contribution in [3.8, 4) is 0 Å². The van der Waals surface area contributed by atoms with E-state index in [2.05, 4.69) is 30.9 Å². The molecule has 0 radical (unpaired) electrons. The molecule has 1 aromatic heterocycles. The van der Waals surface area contributed by atoms with E-state index in [4.69, 9.17) is 10.5 Å². The summed E-state index contributed by atoms with van der Waals surface area (Å²) >= 11 is 0. The minimum Gasteiger partial charge on any atom is -0.374 e. The Morgan fingerprint density at radius 1 is 1.59 bits per heavy atom. The third-order valence-electron chi connectivity index (χ3n) is 3.57. The van der Waals surface area contributed by atoms with Gasteiger partial charge >= 0.3 is 0 Å². The minimum absolute atomic E-state index is 0.0216. The van der Waals surface area contributed by atoms with Gasteiger partial charge in [0.2, 0.25) is 0 Å². The van der Waals surface area contributed by atoms with Gasteiger partial charge in [-0.15, -0.1) is 0 Å². The van der Waals surface area contributed by atoms with Gasteiger partial charge in [-0.05, 0) is 33.6 Å². The van der Waals surface area contributed by atoms with Crippen LogP contribution in [0.2, 0.25) is 0 Å². The first-order valence-electron chi connectivity index (χ1n) is 6.31. The van der Waals surface area contributed by atoms with Crippen LogP contribution in [0.1, 0.15) is 45.5 Å². The highest BCUT2D eigenvalue weighted by atomic mass is 16.5. The zero-order chi connectivity index (χ0) is 12.5. The van der Waals surface area contributed by atoms with Gasteiger partial charge in [0.25, 0.3) is 0 Å². The number of hydrogen-bond acceptors (Lipinski definition) is 4. The first-order chi connectivity index (χ1) is 8.03. The van der Waals surface area contributed by atoms with Crippen molar-refractivity contribution in [3.05, 3.63) is 12.2 Å². The maximum Gasteiger partial charge on any atom is 0.138 e. The lowest BCUT2D eigenvalue weighted by molar-refractivity contribution is -0.00164. The molecule has 0 amide bonds. The average Bonchev–Trinajstić information content (AvgIpc) is 2.87. The second-order valence-electron chi connectivity index (χ2n) is 5.29. The van der Waals surface area contributed by atoms with E-state index >= 15 is 0 Å². The van der Waals surface area contributed by atoms with Crippen molar-refractivity contribution in [2.75, 3.05) is 6.61 Å². The Kier molecular flexibility index (Phi) is 3.49. The summed E-state index contributed by atoms with van der Waals surface area (Å²) < 4.78 is 7.70. The van der Waals surface area contributed by atoms with Crippen molar-refractivity contribution >= 4 is 0 Å². The summed E-state index contributed by atoms with van der Waals surface area (Å²) in [5, 5.41) is 4.23. The van der Waals surface area contributed by atoms with Crippen molar-refractivity contribution in [2.24, 2.45) is 5.73 Å². The zero-order valence-electron chi connectivity index (χ0n) is 10.9. The summed E-state index contributed by atoms with van der Waals surface area (Å²) in [5.41, 5.74) is 6.07. The molecule has 0 bridgehead atoms. The Bertz CT molecular complexity index is 368. The molecule has 2 heterocycles. The van der Waals surface area contributed by atoms with Crippen LogP contribution in [0, 0.1) is 0 Å². The molecule has 1 aliphatic rings. The van der Waals surface area contributed by atoms with E-state index in [1.807, 2.05) is 4.68 Å². The highest BCUT2D eigenvalue weighted by molar-refractivity contribution is 4.99. The third-order valence-corrected chi connectivity index (χ3v) is 3.57. The summed E-state index contributed by atoms with van der Waals surface area (Å²) in [6, 6.07) is 0.295. The standard InChI is InChI=1S/C12H22N4O/c1-9(2)16-11(14-8-15-16)7-10(13)12(3)5-4-6-17-12/h8-10H,4-7,13H2,1-3H3. The highest BCUT2D eigenvalue weighted by Gasteiger charge is 2.36. The molecule has 5 nitrogen and oxygen atoms in total. The van der Waals surface area contributed by atoms with E-state index in [9.17, 15) is 0 Å². The van der Waals surface area contributed by atoms with Crippen LogP contribution in [-0.2, 0) is 11.2 Å². The minimum atomic E-state index is -0.201. The lowest BCUT2D eigenvalue weighted by atomic mass is 9.91. The third kappa shape index (κ3) is 2.50. The normalized spacial score (nSPS) is 26.6. The zero-order valence-corrected chi connectivity index (χ0v) is 10.9. The summed E-state index contributed by atoms with van der Waals surface area (Å²) in [4.78, 5) is 4.30. The van der Waals surface area contributed by atoms with Crippen LogP contribution < -0.4 is 5.73 Å². The molecule has 17 heavy (non-hydrogen) atoms. The van der Waals surface area contributed by atoms with Crippen molar-refractivity contribution in [1.29, 1.82) is 0 Å². The smallest absolute Gasteiger partial charge is 0.138 e. The fourth-order valence-corrected chi connectivity index (χ4v) is 2.36. The summed E-state index contributed by atoms with van der Waals surface area (Å²) in [6.45, 7) is 7.11. The summed E-state index contributed by atoms with van der Waals surface area (Å²) in [7, 11) is 0. The first kappa shape index (κ1) is 12.5. The molecule has 1 saturated heterocycles. The van der Waals surface area contributed by atoms with Crippen molar-refractivity contribution < 1.29 is 4.74 Å². The van der Waals surface area contributed by atoms with Crippen LogP contribution >= 0.6 is 0 Å².